The number of carbonyl (C=O) groups is 3. The predicted octanol–water partition coefficient (Wildman–Crippen LogP) is 2.98. The van der Waals surface area contributed by atoms with Gasteiger partial charge in [-0.05, 0) is 18.4 Å². The van der Waals surface area contributed by atoms with E-state index in [4.69, 9.17) is 14.2 Å². The average Bonchev–Trinajstić information content (AvgIpc) is 2.66. The molecule has 0 saturated carbocycles. The van der Waals surface area contributed by atoms with E-state index in [9.17, 15) is 14.4 Å². The SMILES string of the molecule is COC(=O)[C@H]1CC(CC(OC(C)=O)c2ccccc2)=CC[C@H]1C(=O)OC. The number of benzene rings is 1. The van der Waals surface area contributed by atoms with E-state index in [1.807, 2.05) is 36.4 Å². The third kappa shape index (κ3) is 4.94. The van der Waals surface area contributed by atoms with Crippen LogP contribution in [0.2, 0.25) is 0 Å². The van der Waals surface area contributed by atoms with Crippen LogP contribution in [0.1, 0.15) is 37.9 Å². The number of ether oxygens (including phenoxy) is 3. The zero-order valence-corrected chi connectivity index (χ0v) is 15.3. The minimum Gasteiger partial charge on any atom is -0.469 e. The van der Waals surface area contributed by atoms with Crippen LogP contribution in [0.25, 0.3) is 0 Å². The molecule has 140 valence electrons. The van der Waals surface area contributed by atoms with Gasteiger partial charge in [-0.3, -0.25) is 14.4 Å². The normalized spacial score (nSPS) is 20.5. The van der Waals surface area contributed by atoms with Gasteiger partial charge in [0.1, 0.15) is 6.10 Å². The Balaban J connectivity index is 2.20. The number of methoxy groups -OCH3 is 2. The van der Waals surface area contributed by atoms with Gasteiger partial charge in [-0.15, -0.1) is 0 Å². The molecule has 2 rings (SSSR count). The summed E-state index contributed by atoms with van der Waals surface area (Å²) in [6.07, 6.45) is 2.72. The van der Waals surface area contributed by atoms with Gasteiger partial charge < -0.3 is 14.2 Å². The van der Waals surface area contributed by atoms with Gasteiger partial charge in [-0.1, -0.05) is 42.0 Å². The fraction of sp³-hybridized carbons (Fsp3) is 0.450. The quantitative estimate of drug-likeness (QED) is 0.441. The second kappa shape index (κ2) is 9.17. The Morgan fingerprint density at radius 2 is 1.65 bits per heavy atom. The molecule has 26 heavy (non-hydrogen) atoms. The first-order valence-electron chi connectivity index (χ1n) is 8.52. The van der Waals surface area contributed by atoms with E-state index in [1.54, 1.807) is 0 Å². The highest BCUT2D eigenvalue weighted by Gasteiger charge is 2.38. The Morgan fingerprint density at radius 1 is 1.04 bits per heavy atom. The summed E-state index contributed by atoms with van der Waals surface area (Å²) in [5, 5.41) is 0. The first-order chi connectivity index (χ1) is 12.5. The second-order valence-electron chi connectivity index (χ2n) is 6.27. The average molecular weight is 360 g/mol. The van der Waals surface area contributed by atoms with E-state index in [-0.39, 0.29) is 5.97 Å². The lowest BCUT2D eigenvalue weighted by atomic mass is 9.78. The molecular formula is C20H24O6. The summed E-state index contributed by atoms with van der Waals surface area (Å²) in [7, 11) is 2.61. The maximum absolute atomic E-state index is 12.1. The highest BCUT2D eigenvalue weighted by atomic mass is 16.5. The maximum atomic E-state index is 12.1. The molecule has 0 bridgehead atoms. The number of carbonyl (C=O) groups excluding carboxylic acids is 3. The van der Waals surface area contributed by atoms with Crippen LogP contribution in [0, 0.1) is 11.8 Å². The van der Waals surface area contributed by atoms with Crippen molar-refractivity contribution in [2.45, 2.75) is 32.3 Å². The van der Waals surface area contributed by atoms with E-state index in [1.165, 1.54) is 21.1 Å². The number of hydrogen-bond donors (Lipinski definition) is 0. The van der Waals surface area contributed by atoms with Gasteiger partial charge in [0.2, 0.25) is 0 Å². The topological polar surface area (TPSA) is 78.9 Å². The molecule has 1 aromatic carbocycles. The Morgan fingerprint density at radius 3 is 2.23 bits per heavy atom. The van der Waals surface area contributed by atoms with Gasteiger partial charge in [0.05, 0.1) is 26.1 Å². The van der Waals surface area contributed by atoms with E-state index in [2.05, 4.69) is 0 Å². The first-order valence-corrected chi connectivity index (χ1v) is 8.52. The van der Waals surface area contributed by atoms with Crippen molar-refractivity contribution in [3.8, 4) is 0 Å². The summed E-state index contributed by atoms with van der Waals surface area (Å²) in [5.41, 5.74) is 1.84. The highest BCUT2D eigenvalue weighted by Crippen LogP contribution is 2.36. The summed E-state index contributed by atoms with van der Waals surface area (Å²) in [5.74, 6) is -2.38. The van der Waals surface area contributed by atoms with Crippen molar-refractivity contribution in [2.24, 2.45) is 11.8 Å². The molecule has 0 radical (unpaired) electrons. The first kappa shape index (κ1) is 19.7. The van der Waals surface area contributed by atoms with Crippen molar-refractivity contribution in [1.29, 1.82) is 0 Å². The molecule has 1 aliphatic rings. The zero-order valence-electron chi connectivity index (χ0n) is 15.3. The molecule has 1 aromatic rings. The van der Waals surface area contributed by atoms with Crippen molar-refractivity contribution in [2.75, 3.05) is 14.2 Å². The molecule has 3 atom stereocenters. The Labute approximate surface area is 153 Å². The van der Waals surface area contributed by atoms with Crippen LogP contribution in [0.15, 0.2) is 42.0 Å². The van der Waals surface area contributed by atoms with E-state index in [0.717, 1.165) is 11.1 Å². The van der Waals surface area contributed by atoms with E-state index < -0.39 is 29.9 Å². The molecule has 0 heterocycles. The van der Waals surface area contributed by atoms with Crippen LogP contribution in [-0.2, 0) is 28.6 Å². The number of esters is 3. The molecule has 0 spiro atoms. The summed E-state index contributed by atoms with van der Waals surface area (Å²) in [4.78, 5) is 35.6. The molecule has 1 aliphatic carbocycles. The standard InChI is InChI=1S/C20H24O6/c1-13(21)26-18(15-7-5-4-6-8-15)12-14-9-10-16(19(22)24-2)17(11-14)20(23)25-3/h4-9,16-18H,10-12H2,1-3H3/t16-,17+,18?/m1/s1. The fourth-order valence-electron chi connectivity index (χ4n) is 3.28. The number of hydrogen-bond acceptors (Lipinski definition) is 6. The van der Waals surface area contributed by atoms with Crippen molar-refractivity contribution in [1.82, 2.24) is 0 Å². The van der Waals surface area contributed by atoms with Crippen molar-refractivity contribution < 1.29 is 28.6 Å². The number of rotatable bonds is 6. The van der Waals surface area contributed by atoms with Gasteiger partial charge in [0, 0.05) is 13.3 Å². The Kier molecular flexibility index (Phi) is 6.95. The largest absolute Gasteiger partial charge is 0.469 e. The lowest BCUT2D eigenvalue weighted by Gasteiger charge is -2.29. The van der Waals surface area contributed by atoms with Crippen LogP contribution in [-0.4, -0.2) is 32.1 Å². The monoisotopic (exact) mass is 360 g/mol. The molecule has 0 N–H and O–H groups in total. The van der Waals surface area contributed by atoms with Crippen LogP contribution < -0.4 is 0 Å². The van der Waals surface area contributed by atoms with E-state index >= 15 is 0 Å². The van der Waals surface area contributed by atoms with Crippen LogP contribution in [0.3, 0.4) is 0 Å². The maximum Gasteiger partial charge on any atom is 0.309 e. The van der Waals surface area contributed by atoms with Crippen LogP contribution in [0.5, 0.6) is 0 Å². The molecule has 0 saturated heterocycles. The smallest absolute Gasteiger partial charge is 0.309 e. The molecule has 0 amide bonds. The Bertz CT molecular complexity index is 679. The second-order valence-corrected chi connectivity index (χ2v) is 6.27. The molecule has 0 aromatic heterocycles. The molecule has 0 fully saturated rings. The predicted molar refractivity (Wildman–Crippen MR) is 93.9 cm³/mol. The van der Waals surface area contributed by atoms with Gasteiger partial charge >= 0.3 is 17.9 Å². The third-order valence-corrected chi connectivity index (χ3v) is 4.56. The third-order valence-electron chi connectivity index (χ3n) is 4.56. The van der Waals surface area contributed by atoms with Crippen LogP contribution >= 0.6 is 0 Å². The van der Waals surface area contributed by atoms with Gasteiger partial charge in [0.25, 0.3) is 0 Å². The molecule has 6 nitrogen and oxygen atoms in total. The van der Waals surface area contributed by atoms with Crippen molar-refractivity contribution in [3.63, 3.8) is 0 Å². The molecule has 0 aliphatic heterocycles. The zero-order chi connectivity index (χ0) is 19.1. The Hall–Kier alpha value is -2.63. The van der Waals surface area contributed by atoms with Crippen LogP contribution in [0.4, 0.5) is 0 Å². The summed E-state index contributed by atoms with van der Waals surface area (Å²) in [6, 6.07) is 9.44. The summed E-state index contributed by atoms with van der Waals surface area (Å²) in [6.45, 7) is 1.37. The van der Waals surface area contributed by atoms with E-state index in [0.29, 0.717) is 19.3 Å². The lowest BCUT2D eigenvalue weighted by molar-refractivity contribution is -0.157. The minimum absolute atomic E-state index is 0.368. The van der Waals surface area contributed by atoms with Gasteiger partial charge in [0.15, 0.2) is 0 Å². The van der Waals surface area contributed by atoms with Gasteiger partial charge in [-0.25, -0.2) is 0 Å². The summed E-state index contributed by atoms with van der Waals surface area (Å²) < 4.78 is 15.1. The van der Waals surface area contributed by atoms with Gasteiger partial charge in [-0.2, -0.15) is 0 Å². The highest BCUT2D eigenvalue weighted by molar-refractivity contribution is 5.82. The number of allylic oxidation sites excluding steroid dienone is 1. The molecular weight excluding hydrogens is 336 g/mol. The minimum atomic E-state index is -0.596. The lowest BCUT2D eigenvalue weighted by Crippen LogP contribution is -2.34. The fourth-order valence-corrected chi connectivity index (χ4v) is 3.28. The summed E-state index contributed by atoms with van der Waals surface area (Å²) >= 11 is 0. The van der Waals surface area contributed by atoms with Crippen molar-refractivity contribution in [3.05, 3.63) is 47.5 Å². The van der Waals surface area contributed by atoms with Crippen molar-refractivity contribution >= 4 is 17.9 Å². The molecule has 1 unspecified atom stereocenters. The molecule has 6 heteroatoms.